The summed E-state index contributed by atoms with van der Waals surface area (Å²) in [6.45, 7) is 8.38. The SMILES string of the molecule is CC1CN(CC(=O)NCCCN2CCCC2=O)CC(C)O1. The van der Waals surface area contributed by atoms with E-state index in [2.05, 4.69) is 10.2 Å². The van der Waals surface area contributed by atoms with Gasteiger partial charge < -0.3 is 15.0 Å². The quantitative estimate of drug-likeness (QED) is 0.713. The van der Waals surface area contributed by atoms with Gasteiger partial charge in [-0.25, -0.2) is 0 Å². The first-order valence-corrected chi connectivity index (χ1v) is 7.97. The minimum atomic E-state index is 0.0593. The van der Waals surface area contributed by atoms with E-state index in [1.807, 2.05) is 18.7 Å². The molecule has 2 saturated heterocycles. The average molecular weight is 297 g/mol. The second kappa shape index (κ2) is 7.75. The van der Waals surface area contributed by atoms with Gasteiger partial charge in [0.15, 0.2) is 0 Å². The van der Waals surface area contributed by atoms with Crippen LogP contribution in [0.2, 0.25) is 0 Å². The molecule has 120 valence electrons. The predicted molar refractivity (Wildman–Crippen MR) is 79.9 cm³/mol. The Morgan fingerprint density at radius 1 is 1.33 bits per heavy atom. The molecule has 2 fully saturated rings. The van der Waals surface area contributed by atoms with E-state index in [-0.39, 0.29) is 24.0 Å². The van der Waals surface area contributed by atoms with Gasteiger partial charge in [0.25, 0.3) is 0 Å². The second-order valence-corrected chi connectivity index (χ2v) is 6.14. The van der Waals surface area contributed by atoms with Gasteiger partial charge >= 0.3 is 0 Å². The van der Waals surface area contributed by atoms with Gasteiger partial charge in [0, 0.05) is 39.1 Å². The molecule has 0 aliphatic carbocycles. The molecule has 2 amide bonds. The van der Waals surface area contributed by atoms with Gasteiger partial charge in [-0.05, 0) is 26.7 Å². The normalized spacial score (nSPS) is 27.1. The van der Waals surface area contributed by atoms with Crippen LogP contribution in [0.15, 0.2) is 0 Å². The van der Waals surface area contributed by atoms with Gasteiger partial charge in [-0.1, -0.05) is 0 Å². The molecule has 2 atom stereocenters. The van der Waals surface area contributed by atoms with E-state index in [1.165, 1.54) is 0 Å². The van der Waals surface area contributed by atoms with Gasteiger partial charge in [0.1, 0.15) is 0 Å². The lowest BCUT2D eigenvalue weighted by molar-refractivity contribution is -0.127. The lowest BCUT2D eigenvalue weighted by Crippen LogP contribution is -2.49. The Hall–Kier alpha value is -1.14. The van der Waals surface area contributed by atoms with Crippen molar-refractivity contribution in [2.75, 3.05) is 39.3 Å². The van der Waals surface area contributed by atoms with Crippen LogP contribution >= 0.6 is 0 Å². The predicted octanol–water partition coefficient (Wildman–Crippen LogP) is 0.224. The third-order valence-corrected chi connectivity index (χ3v) is 3.96. The topological polar surface area (TPSA) is 61.9 Å². The number of amides is 2. The zero-order chi connectivity index (χ0) is 15.2. The summed E-state index contributed by atoms with van der Waals surface area (Å²) in [6.07, 6.45) is 2.84. The molecule has 0 aromatic carbocycles. The number of nitrogens with one attached hydrogen (secondary N) is 1. The Morgan fingerprint density at radius 2 is 2.05 bits per heavy atom. The zero-order valence-electron chi connectivity index (χ0n) is 13.1. The molecule has 0 saturated carbocycles. The van der Waals surface area contributed by atoms with Gasteiger partial charge in [0.2, 0.25) is 11.8 Å². The second-order valence-electron chi connectivity index (χ2n) is 6.14. The molecule has 0 radical (unpaired) electrons. The van der Waals surface area contributed by atoms with Crippen LogP contribution in [0.3, 0.4) is 0 Å². The maximum absolute atomic E-state index is 11.9. The number of hydrogen-bond donors (Lipinski definition) is 1. The van der Waals surface area contributed by atoms with Crippen molar-refractivity contribution in [3.63, 3.8) is 0 Å². The Morgan fingerprint density at radius 3 is 2.67 bits per heavy atom. The van der Waals surface area contributed by atoms with Gasteiger partial charge in [-0.15, -0.1) is 0 Å². The van der Waals surface area contributed by atoms with Crippen molar-refractivity contribution in [1.29, 1.82) is 0 Å². The molecular weight excluding hydrogens is 270 g/mol. The highest BCUT2D eigenvalue weighted by molar-refractivity contribution is 5.78. The fourth-order valence-corrected chi connectivity index (χ4v) is 3.11. The van der Waals surface area contributed by atoms with E-state index in [4.69, 9.17) is 4.74 Å². The molecule has 2 aliphatic rings. The molecule has 1 N–H and O–H groups in total. The van der Waals surface area contributed by atoms with Gasteiger partial charge in [0.05, 0.1) is 18.8 Å². The first-order valence-electron chi connectivity index (χ1n) is 7.97. The molecule has 2 aliphatic heterocycles. The molecule has 0 aromatic rings. The van der Waals surface area contributed by atoms with Crippen LogP contribution < -0.4 is 5.32 Å². The number of hydrogen-bond acceptors (Lipinski definition) is 4. The van der Waals surface area contributed by atoms with E-state index in [9.17, 15) is 9.59 Å². The van der Waals surface area contributed by atoms with Crippen molar-refractivity contribution in [3.05, 3.63) is 0 Å². The van der Waals surface area contributed by atoms with Crippen molar-refractivity contribution in [2.45, 2.75) is 45.3 Å². The number of morpholine rings is 1. The third kappa shape index (κ3) is 5.28. The van der Waals surface area contributed by atoms with Crippen LogP contribution in [-0.2, 0) is 14.3 Å². The first-order chi connectivity index (χ1) is 10.0. The fourth-order valence-electron chi connectivity index (χ4n) is 3.11. The van der Waals surface area contributed by atoms with Crippen LogP contribution in [-0.4, -0.2) is 73.1 Å². The van der Waals surface area contributed by atoms with E-state index in [0.29, 0.717) is 19.5 Å². The summed E-state index contributed by atoms with van der Waals surface area (Å²) in [7, 11) is 0. The molecule has 2 rings (SSSR count). The molecule has 0 spiro atoms. The smallest absolute Gasteiger partial charge is 0.234 e. The standard InChI is InChI=1S/C15H27N3O3/c1-12-9-17(10-13(2)21-12)11-14(19)16-6-4-8-18-7-3-5-15(18)20/h12-13H,3-11H2,1-2H3,(H,16,19). The Labute approximate surface area is 126 Å². The number of nitrogens with zero attached hydrogens (tertiary/aromatic N) is 2. The minimum Gasteiger partial charge on any atom is -0.373 e. The molecule has 2 heterocycles. The lowest BCUT2D eigenvalue weighted by atomic mass is 10.2. The number of rotatable bonds is 6. The van der Waals surface area contributed by atoms with Crippen LogP contribution in [0, 0.1) is 0 Å². The molecular formula is C15H27N3O3. The summed E-state index contributed by atoms with van der Waals surface area (Å²) < 4.78 is 5.65. The number of ether oxygens (including phenoxy) is 1. The van der Waals surface area contributed by atoms with Crippen molar-refractivity contribution < 1.29 is 14.3 Å². The van der Waals surface area contributed by atoms with Crippen LogP contribution in [0.25, 0.3) is 0 Å². The zero-order valence-corrected chi connectivity index (χ0v) is 13.1. The highest BCUT2D eigenvalue weighted by atomic mass is 16.5. The molecule has 6 heteroatoms. The maximum atomic E-state index is 11.9. The summed E-state index contributed by atoms with van der Waals surface area (Å²) >= 11 is 0. The van der Waals surface area contributed by atoms with Gasteiger partial charge in [-0.2, -0.15) is 0 Å². The summed E-state index contributed by atoms with van der Waals surface area (Å²) in [5, 5.41) is 2.94. The average Bonchev–Trinajstić information content (AvgIpc) is 2.79. The Bertz CT molecular complexity index is 365. The highest BCUT2D eigenvalue weighted by Gasteiger charge is 2.23. The first kappa shape index (κ1) is 16.2. The van der Waals surface area contributed by atoms with Gasteiger partial charge in [-0.3, -0.25) is 14.5 Å². The van der Waals surface area contributed by atoms with Crippen molar-refractivity contribution in [2.24, 2.45) is 0 Å². The van der Waals surface area contributed by atoms with Crippen molar-refractivity contribution in [3.8, 4) is 0 Å². The van der Waals surface area contributed by atoms with E-state index >= 15 is 0 Å². The van der Waals surface area contributed by atoms with Crippen molar-refractivity contribution >= 4 is 11.8 Å². The molecule has 2 unspecified atom stereocenters. The fraction of sp³-hybridized carbons (Fsp3) is 0.867. The number of carbonyl (C=O) groups is 2. The monoisotopic (exact) mass is 297 g/mol. The Kier molecular flexibility index (Phi) is 5.99. The summed E-state index contributed by atoms with van der Waals surface area (Å²) in [6, 6.07) is 0. The number of likely N-dealkylation sites (tertiary alicyclic amines) is 1. The van der Waals surface area contributed by atoms with Crippen molar-refractivity contribution in [1.82, 2.24) is 15.1 Å². The van der Waals surface area contributed by atoms with E-state index < -0.39 is 0 Å². The summed E-state index contributed by atoms with van der Waals surface area (Å²) in [4.78, 5) is 27.4. The molecule has 6 nitrogen and oxygen atoms in total. The van der Waals surface area contributed by atoms with Crippen LogP contribution in [0.1, 0.15) is 33.1 Å². The number of carbonyl (C=O) groups excluding carboxylic acids is 2. The van der Waals surface area contributed by atoms with Crippen LogP contribution in [0.5, 0.6) is 0 Å². The van der Waals surface area contributed by atoms with Crippen LogP contribution in [0.4, 0.5) is 0 Å². The molecule has 21 heavy (non-hydrogen) atoms. The highest BCUT2D eigenvalue weighted by Crippen LogP contribution is 2.10. The summed E-state index contributed by atoms with van der Waals surface area (Å²) in [5.74, 6) is 0.307. The van der Waals surface area contributed by atoms with E-state index in [0.717, 1.165) is 39.0 Å². The third-order valence-electron chi connectivity index (χ3n) is 3.96. The largest absolute Gasteiger partial charge is 0.373 e. The lowest BCUT2D eigenvalue weighted by Gasteiger charge is -2.34. The van der Waals surface area contributed by atoms with E-state index in [1.54, 1.807) is 0 Å². The molecule has 0 bridgehead atoms. The maximum Gasteiger partial charge on any atom is 0.234 e. The minimum absolute atomic E-state index is 0.0593. The summed E-state index contributed by atoms with van der Waals surface area (Å²) in [5.41, 5.74) is 0. The Balaban J connectivity index is 1.58. The molecule has 0 aromatic heterocycles.